The van der Waals surface area contributed by atoms with Gasteiger partial charge in [-0.15, -0.1) is 0 Å². The monoisotopic (exact) mass is 308 g/mol. The van der Waals surface area contributed by atoms with Crippen molar-refractivity contribution in [3.8, 4) is 6.07 Å². The minimum atomic E-state index is -3.42. The first-order valence-corrected chi connectivity index (χ1v) is 8.47. The van der Waals surface area contributed by atoms with E-state index < -0.39 is 10.0 Å². The molecule has 1 aliphatic heterocycles. The summed E-state index contributed by atoms with van der Waals surface area (Å²) < 4.78 is 31.8. The summed E-state index contributed by atoms with van der Waals surface area (Å²) in [5.41, 5.74) is 0.829. The number of benzene rings is 1. The number of rotatable bonds is 5. The predicted octanol–water partition coefficient (Wildman–Crippen LogP) is 1.80. The molecule has 1 saturated heterocycles. The lowest BCUT2D eigenvalue weighted by molar-refractivity contribution is 0.121. The predicted molar refractivity (Wildman–Crippen MR) is 79.1 cm³/mol. The van der Waals surface area contributed by atoms with E-state index in [-0.39, 0.29) is 0 Å². The summed E-state index contributed by atoms with van der Waals surface area (Å²) in [5, 5.41) is 8.63. The summed E-state index contributed by atoms with van der Waals surface area (Å²) in [7, 11) is -1.75. The third-order valence-electron chi connectivity index (χ3n) is 3.82. The average molecular weight is 308 g/mol. The van der Waals surface area contributed by atoms with Crippen LogP contribution >= 0.6 is 0 Å². The van der Waals surface area contributed by atoms with Gasteiger partial charge in [-0.05, 0) is 36.5 Å². The lowest BCUT2D eigenvalue weighted by Gasteiger charge is -2.30. The minimum Gasteiger partial charge on any atom is -0.384 e. The van der Waals surface area contributed by atoms with Crippen LogP contribution in [0.15, 0.2) is 29.2 Å². The van der Waals surface area contributed by atoms with Gasteiger partial charge in [0.2, 0.25) is 10.0 Å². The van der Waals surface area contributed by atoms with Crippen LogP contribution in [0.5, 0.6) is 0 Å². The molecule has 0 aliphatic carbocycles. The number of nitriles is 1. The molecular weight excluding hydrogens is 288 g/mol. The Balaban J connectivity index is 2.07. The number of hydrogen-bond acceptors (Lipinski definition) is 4. The van der Waals surface area contributed by atoms with Gasteiger partial charge in [0.15, 0.2) is 0 Å². The second-order valence-electron chi connectivity index (χ2n) is 5.28. The van der Waals surface area contributed by atoms with Crippen molar-refractivity contribution in [1.29, 1.82) is 5.26 Å². The topological polar surface area (TPSA) is 70.4 Å². The third-order valence-corrected chi connectivity index (χ3v) is 5.73. The van der Waals surface area contributed by atoms with Gasteiger partial charge in [-0.2, -0.15) is 9.57 Å². The summed E-state index contributed by atoms with van der Waals surface area (Å²) in [6.07, 6.45) is 1.96. The molecule has 0 spiro atoms. The van der Waals surface area contributed by atoms with Gasteiger partial charge in [0.05, 0.1) is 17.4 Å². The molecule has 1 aromatic rings. The molecule has 0 N–H and O–H groups in total. The fraction of sp³-hybridized carbons (Fsp3) is 0.533. The van der Waals surface area contributed by atoms with Crippen LogP contribution in [0.3, 0.4) is 0 Å². The Hall–Kier alpha value is -1.42. The van der Waals surface area contributed by atoms with Crippen LogP contribution in [0.1, 0.15) is 18.4 Å². The van der Waals surface area contributed by atoms with E-state index in [9.17, 15) is 8.42 Å². The van der Waals surface area contributed by atoms with Gasteiger partial charge in [-0.1, -0.05) is 12.1 Å². The number of sulfonamides is 1. The van der Waals surface area contributed by atoms with Crippen molar-refractivity contribution >= 4 is 10.0 Å². The second-order valence-corrected chi connectivity index (χ2v) is 7.22. The van der Waals surface area contributed by atoms with Crippen molar-refractivity contribution in [1.82, 2.24) is 4.31 Å². The van der Waals surface area contributed by atoms with Crippen molar-refractivity contribution in [2.24, 2.45) is 5.92 Å². The number of hydrogen-bond donors (Lipinski definition) is 0. The maximum absolute atomic E-state index is 12.6. The van der Waals surface area contributed by atoms with Gasteiger partial charge in [0.25, 0.3) is 0 Å². The zero-order chi connectivity index (χ0) is 15.3. The molecule has 0 bridgehead atoms. The molecular formula is C15H20N2O3S. The number of piperidine rings is 1. The normalized spacial score (nSPS) is 17.5. The molecule has 0 radical (unpaired) electrons. The first kappa shape index (κ1) is 16.0. The van der Waals surface area contributed by atoms with Gasteiger partial charge in [0, 0.05) is 26.8 Å². The van der Waals surface area contributed by atoms with E-state index in [4.69, 9.17) is 10.00 Å². The van der Waals surface area contributed by atoms with Crippen molar-refractivity contribution in [2.45, 2.75) is 24.2 Å². The Kier molecular flexibility index (Phi) is 5.34. The molecule has 21 heavy (non-hydrogen) atoms. The average Bonchev–Trinajstić information content (AvgIpc) is 2.49. The van der Waals surface area contributed by atoms with E-state index in [0.717, 1.165) is 18.4 Å². The Morgan fingerprint density at radius 2 is 1.90 bits per heavy atom. The van der Waals surface area contributed by atoms with Crippen molar-refractivity contribution in [3.05, 3.63) is 29.8 Å². The molecule has 0 aromatic heterocycles. The van der Waals surface area contributed by atoms with Gasteiger partial charge in [-0.3, -0.25) is 0 Å². The van der Waals surface area contributed by atoms with Crippen molar-refractivity contribution in [3.63, 3.8) is 0 Å². The zero-order valence-electron chi connectivity index (χ0n) is 12.2. The number of nitrogens with zero attached hydrogens (tertiary/aromatic N) is 2. The van der Waals surface area contributed by atoms with Crippen LogP contribution in [0.2, 0.25) is 0 Å². The number of ether oxygens (including phenoxy) is 1. The molecule has 1 fully saturated rings. The molecule has 0 amide bonds. The fourth-order valence-corrected chi connectivity index (χ4v) is 4.04. The molecule has 2 rings (SSSR count). The standard InChI is InChI=1S/C15H20N2O3S/c1-20-12-14-7-10-17(11-8-14)21(18,19)15-4-2-13(3-5-15)6-9-16/h2-5,14H,6-8,10-12H2,1H3. The van der Waals surface area contributed by atoms with Gasteiger partial charge < -0.3 is 4.74 Å². The summed E-state index contributed by atoms with van der Waals surface area (Å²) in [5.74, 6) is 0.444. The minimum absolute atomic E-state index is 0.294. The molecule has 5 nitrogen and oxygen atoms in total. The van der Waals surface area contributed by atoms with Crippen LogP contribution in [0.25, 0.3) is 0 Å². The molecule has 1 aliphatic rings. The van der Waals surface area contributed by atoms with E-state index in [0.29, 0.717) is 36.9 Å². The lowest BCUT2D eigenvalue weighted by atomic mass is 9.99. The Labute approximate surface area is 126 Å². The molecule has 6 heteroatoms. The number of methoxy groups -OCH3 is 1. The van der Waals surface area contributed by atoms with E-state index in [2.05, 4.69) is 6.07 Å². The SMILES string of the molecule is COCC1CCN(S(=O)(=O)c2ccc(CC#N)cc2)CC1. The van der Waals surface area contributed by atoms with Crippen molar-refractivity contribution < 1.29 is 13.2 Å². The van der Waals surface area contributed by atoms with E-state index in [1.54, 1.807) is 35.7 Å². The highest BCUT2D eigenvalue weighted by atomic mass is 32.2. The van der Waals surface area contributed by atoms with E-state index in [1.807, 2.05) is 0 Å². The molecule has 1 aromatic carbocycles. The smallest absolute Gasteiger partial charge is 0.243 e. The van der Waals surface area contributed by atoms with Gasteiger partial charge in [0.1, 0.15) is 0 Å². The molecule has 1 heterocycles. The van der Waals surface area contributed by atoms with Gasteiger partial charge in [-0.25, -0.2) is 8.42 Å². The first-order chi connectivity index (χ1) is 10.1. The quantitative estimate of drug-likeness (QED) is 0.831. The maximum Gasteiger partial charge on any atom is 0.243 e. The second kappa shape index (κ2) is 7.03. The lowest BCUT2D eigenvalue weighted by Crippen LogP contribution is -2.39. The first-order valence-electron chi connectivity index (χ1n) is 7.03. The van der Waals surface area contributed by atoms with Crippen LogP contribution in [0.4, 0.5) is 0 Å². The largest absolute Gasteiger partial charge is 0.384 e. The summed E-state index contributed by atoms with van der Waals surface area (Å²) >= 11 is 0. The van der Waals surface area contributed by atoms with Crippen LogP contribution in [0, 0.1) is 17.2 Å². The summed E-state index contributed by atoms with van der Waals surface area (Å²) in [6, 6.07) is 8.63. The molecule has 0 unspecified atom stereocenters. The van der Waals surface area contributed by atoms with Crippen molar-refractivity contribution in [2.75, 3.05) is 26.8 Å². The van der Waals surface area contributed by atoms with E-state index >= 15 is 0 Å². The third kappa shape index (κ3) is 3.82. The maximum atomic E-state index is 12.6. The summed E-state index contributed by atoms with van der Waals surface area (Å²) in [6.45, 7) is 1.77. The Morgan fingerprint density at radius 1 is 1.29 bits per heavy atom. The van der Waals surface area contributed by atoms with Crippen LogP contribution in [-0.2, 0) is 21.2 Å². The summed E-state index contributed by atoms with van der Waals surface area (Å²) in [4.78, 5) is 0.300. The Bertz CT molecular complexity index is 597. The zero-order valence-corrected chi connectivity index (χ0v) is 13.0. The van der Waals surface area contributed by atoms with E-state index in [1.165, 1.54) is 0 Å². The highest BCUT2D eigenvalue weighted by Crippen LogP contribution is 2.24. The highest BCUT2D eigenvalue weighted by molar-refractivity contribution is 7.89. The fourth-order valence-electron chi connectivity index (χ4n) is 2.57. The molecule has 0 atom stereocenters. The van der Waals surface area contributed by atoms with Gasteiger partial charge >= 0.3 is 0 Å². The Morgan fingerprint density at radius 3 is 2.43 bits per heavy atom. The molecule has 0 saturated carbocycles. The molecule has 114 valence electrons. The highest BCUT2D eigenvalue weighted by Gasteiger charge is 2.29. The van der Waals surface area contributed by atoms with Crippen LogP contribution < -0.4 is 0 Å². The van der Waals surface area contributed by atoms with Crippen LogP contribution in [-0.4, -0.2) is 39.5 Å².